The predicted octanol–water partition coefficient (Wildman–Crippen LogP) is 1.55. The molecule has 2 atom stereocenters. The van der Waals surface area contributed by atoms with Gasteiger partial charge >= 0.3 is 0 Å². The first-order valence-electron chi connectivity index (χ1n) is 5.90. The van der Waals surface area contributed by atoms with E-state index in [1.165, 1.54) is 31.6 Å². The molecular formula is C11H21N3S. The number of nitrogens with one attached hydrogen (secondary N) is 1. The second-order valence-electron chi connectivity index (χ2n) is 4.61. The highest BCUT2D eigenvalue weighted by atomic mass is 32.2. The van der Waals surface area contributed by atoms with E-state index in [0.717, 1.165) is 11.7 Å². The van der Waals surface area contributed by atoms with Gasteiger partial charge in [0, 0.05) is 17.8 Å². The molecule has 0 amide bonds. The van der Waals surface area contributed by atoms with Crippen LogP contribution in [0.5, 0.6) is 0 Å². The van der Waals surface area contributed by atoms with Crippen LogP contribution in [0.2, 0.25) is 0 Å². The fourth-order valence-corrected chi connectivity index (χ4v) is 3.26. The summed E-state index contributed by atoms with van der Waals surface area (Å²) in [7, 11) is 2.21. The van der Waals surface area contributed by atoms with Gasteiger partial charge in [0.15, 0.2) is 5.17 Å². The highest BCUT2D eigenvalue weighted by molar-refractivity contribution is 8.13. The van der Waals surface area contributed by atoms with Crippen LogP contribution in [0.25, 0.3) is 0 Å². The number of likely N-dealkylation sites (N-methyl/N-ethyl adjacent to an activating group) is 1. The van der Waals surface area contributed by atoms with Crippen LogP contribution in [0.4, 0.5) is 0 Å². The quantitative estimate of drug-likeness (QED) is 0.775. The van der Waals surface area contributed by atoms with Gasteiger partial charge in [-0.15, -0.1) is 0 Å². The Hall–Kier alpha value is -0.220. The van der Waals surface area contributed by atoms with Crippen LogP contribution in [0, 0.1) is 0 Å². The summed E-state index contributed by atoms with van der Waals surface area (Å²) in [6.45, 7) is 4.45. The fourth-order valence-electron chi connectivity index (χ4n) is 2.15. The van der Waals surface area contributed by atoms with Gasteiger partial charge in [-0.3, -0.25) is 4.99 Å². The van der Waals surface area contributed by atoms with E-state index in [1.807, 2.05) is 11.8 Å². The van der Waals surface area contributed by atoms with Crippen LogP contribution in [0.15, 0.2) is 4.99 Å². The van der Waals surface area contributed by atoms with Crippen molar-refractivity contribution < 1.29 is 0 Å². The summed E-state index contributed by atoms with van der Waals surface area (Å²) in [5.41, 5.74) is 0. The molecule has 0 aliphatic carbocycles. The largest absolute Gasteiger partial charge is 0.362 e. The summed E-state index contributed by atoms with van der Waals surface area (Å²) in [4.78, 5) is 7.12. The summed E-state index contributed by atoms with van der Waals surface area (Å²) >= 11 is 1.87. The molecule has 2 aliphatic rings. The number of aliphatic imine (C=N–C) groups is 1. The maximum atomic E-state index is 4.69. The molecule has 2 heterocycles. The first kappa shape index (κ1) is 11.3. The summed E-state index contributed by atoms with van der Waals surface area (Å²) in [5.74, 6) is 1.22. The molecule has 0 aromatic carbocycles. The van der Waals surface area contributed by atoms with E-state index in [-0.39, 0.29) is 0 Å². The third-order valence-electron chi connectivity index (χ3n) is 3.28. The van der Waals surface area contributed by atoms with Gasteiger partial charge in [0.1, 0.15) is 0 Å². The van der Waals surface area contributed by atoms with Crippen molar-refractivity contribution in [1.82, 2.24) is 10.2 Å². The van der Waals surface area contributed by atoms with Gasteiger partial charge in [0.2, 0.25) is 0 Å². The molecule has 4 heteroatoms. The van der Waals surface area contributed by atoms with Crippen molar-refractivity contribution in [2.45, 2.75) is 38.3 Å². The van der Waals surface area contributed by atoms with Crippen molar-refractivity contribution in [1.29, 1.82) is 0 Å². The number of hydrogen-bond donors (Lipinski definition) is 1. The minimum Gasteiger partial charge on any atom is -0.362 e. The Balaban J connectivity index is 1.82. The third-order valence-corrected chi connectivity index (χ3v) is 4.24. The van der Waals surface area contributed by atoms with Gasteiger partial charge in [0.25, 0.3) is 0 Å². The zero-order valence-electron chi connectivity index (χ0n) is 9.70. The van der Waals surface area contributed by atoms with E-state index >= 15 is 0 Å². The standard InChI is InChI=1S/C11H21N3S/c1-9-5-7-15-11(13-9)12-8-10-4-3-6-14(10)2/h9-10H,3-8H2,1-2H3,(H,12,13). The van der Waals surface area contributed by atoms with Gasteiger partial charge in [-0.1, -0.05) is 11.8 Å². The molecule has 0 aromatic rings. The average Bonchev–Trinajstić information content (AvgIpc) is 2.61. The van der Waals surface area contributed by atoms with E-state index < -0.39 is 0 Å². The van der Waals surface area contributed by atoms with Crippen molar-refractivity contribution >= 4 is 16.9 Å². The van der Waals surface area contributed by atoms with E-state index in [0.29, 0.717) is 12.1 Å². The molecule has 2 fully saturated rings. The van der Waals surface area contributed by atoms with E-state index in [1.54, 1.807) is 0 Å². The molecule has 0 spiro atoms. The lowest BCUT2D eigenvalue weighted by molar-refractivity contribution is 0.317. The first-order valence-corrected chi connectivity index (χ1v) is 6.88. The molecule has 0 bridgehead atoms. The Kier molecular flexibility index (Phi) is 3.92. The number of hydrogen-bond acceptors (Lipinski definition) is 3. The van der Waals surface area contributed by atoms with Crippen LogP contribution in [0.1, 0.15) is 26.2 Å². The SMILES string of the molecule is CC1CCSC(=NCC2CCCN2C)N1. The van der Waals surface area contributed by atoms with E-state index in [2.05, 4.69) is 24.2 Å². The smallest absolute Gasteiger partial charge is 0.156 e. The molecular weight excluding hydrogens is 206 g/mol. The number of likely N-dealkylation sites (tertiary alicyclic amines) is 1. The maximum Gasteiger partial charge on any atom is 0.156 e. The molecule has 0 radical (unpaired) electrons. The molecule has 2 saturated heterocycles. The normalized spacial score (nSPS) is 35.7. The van der Waals surface area contributed by atoms with Crippen molar-refractivity contribution in [2.24, 2.45) is 4.99 Å². The van der Waals surface area contributed by atoms with Crippen molar-refractivity contribution in [3.05, 3.63) is 0 Å². The highest BCUT2D eigenvalue weighted by Gasteiger charge is 2.21. The Morgan fingerprint density at radius 3 is 3.07 bits per heavy atom. The summed E-state index contributed by atoms with van der Waals surface area (Å²) in [5, 5.41) is 4.61. The zero-order valence-corrected chi connectivity index (χ0v) is 10.5. The zero-order chi connectivity index (χ0) is 10.7. The van der Waals surface area contributed by atoms with E-state index in [9.17, 15) is 0 Å². The molecule has 1 N–H and O–H groups in total. The molecule has 2 aliphatic heterocycles. The number of thioether (sulfide) groups is 1. The van der Waals surface area contributed by atoms with E-state index in [4.69, 9.17) is 4.99 Å². The van der Waals surface area contributed by atoms with Crippen LogP contribution in [0.3, 0.4) is 0 Å². The molecule has 86 valence electrons. The molecule has 0 saturated carbocycles. The lowest BCUT2D eigenvalue weighted by Gasteiger charge is -2.23. The van der Waals surface area contributed by atoms with Gasteiger partial charge < -0.3 is 10.2 Å². The molecule has 3 nitrogen and oxygen atoms in total. The Labute approximate surface area is 96.7 Å². The molecule has 2 rings (SSSR count). The lowest BCUT2D eigenvalue weighted by atomic mass is 10.2. The topological polar surface area (TPSA) is 27.6 Å². The molecule has 0 aromatic heterocycles. The Morgan fingerprint density at radius 1 is 1.53 bits per heavy atom. The maximum absolute atomic E-state index is 4.69. The Morgan fingerprint density at radius 2 is 2.40 bits per heavy atom. The third kappa shape index (κ3) is 3.11. The average molecular weight is 227 g/mol. The second-order valence-corrected chi connectivity index (χ2v) is 5.69. The summed E-state index contributed by atoms with van der Waals surface area (Å²) in [6, 6.07) is 1.28. The highest BCUT2D eigenvalue weighted by Crippen LogP contribution is 2.17. The van der Waals surface area contributed by atoms with Crippen LogP contribution in [-0.2, 0) is 0 Å². The minimum absolute atomic E-state index is 0.603. The molecule has 2 unspecified atom stereocenters. The van der Waals surface area contributed by atoms with Gasteiger partial charge in [0.05, 0.1) is 6.54 Å². The molecule has 15 heavy (non-hydrogen) atoms. The number of nitrogens with zero attached hydrogens (tertiary/aromatic N) is 2. The number of amidine groups is 1. The predicted molar refractivity (Wildman–Crippen MR) is 67.6 cm³/mol. The van der Waals surface area contributed by atoms with Gasteiger partial charge in [-0.25, -0.2) is 0 Å². The number of rotatable bonds is 2. The lowest BCUT2D eigenvalue weighted by Crippen LogP contribution is -2.36. The fraction of sp³-hybridized carbons (Fsp3) is 0.909. The Bertz CT molecular complexity index is 242. The van der Waals surface area contributed by atoms with Crippen LogP contribution < -0.4 is 5.32 Å². The van der Waals surface area contributed by atoms with Crippen LogP contribution in [-0.4, -0.2) is 48.0 Å². The first-order chi connectivity index (χ1) is 7.25. The van der Waals surface area contributed by atoms with Crippen molar-refractivity contribution in [2.75, 3.05) is 25.9 Å². The van der Waals surface area contributed by atoms with Crippen LogP contribution >= 0.6 is 11.8 Å². The van der Waals surface area contributed by atoms with Gasteiger partial charge in [-0.05, 0) is 39.8 Å². The van der Waals surface area contributed by atoms with Crippen molar-refractivity contribution in [3.63, 3.8) is 0 Å². The van der Waals surface area contributed by atoms with Crippen molar-refractivity contribution in [3.8, 4) is 0 Å². The monoisotopic (exact) mass is 227 g/mol. The minimum atomic E-state index is 0.603. The summed E-state index contributed by atoms with van der Waals surface area (Å²) < 4.78 is 0. The summed E-state index contributed by atoms with van der Waals surface area (Å²) in [6.07, 6.45) is 3.91. The van der Waals surface area contributed by atoms with Gasteiger partial charge in [-0.2, -0.15) is 0 Å². The second kappa shape index (κ2) is 5.21.